The Bertz CT molecular complexity index is 438. The van der Waals surface area contributed by atoms with Crippen LogP contribution in [0, 0.1) is 0 Å². The topological polar surface area (TPSA) is 76.0 Å². The Morgan fingerprint density at radius 1 is 1.44 bits per heavy atom. The number of esters is 1. The number of hydrogen-bond acceptors (Lipinski definition) is 5. The fourth-order valence-electron chi connectivity index (χ4n) is 1.40. The average molecular weight is 317 g/mol. The SMILES string of the molecule is CCN(CC)C1=NC(=O)/C(=C(\C=O)C(=O)OC)[Se]1. The van der Waals surface area contributed by atoms with Gasteiger partial charge in [-0.2, -0.15) is 0 Å². The van der Waals surface area contributed by atoms with Gasteiger partial charge in [0.1, 0.15) is 0 Å². The minimum atomic E-state index is -0.786. The number of amidine groups is 1. The van der Waals surface area contributed by atoms with E-state index in [4.69, 9.17) is 0 Å². The van der Waals surface area contributed by atoms with Crippen molar-refractivity contribution in [1.82, 2.24) is 4.90 Å². The van der Waals surface area contributed by atoms with Crippen molar-refractivity contribution < 1.29 is 19.1 Å². The molecule has 0 bridgehead atoms. The van der Waals surface area contributed by atoms with Gasteiger partial charge in [0.2, 0.25) is 0 Å². The van der Waals surface area contributed by atoms with E-state index in [1.165, 1.54) is 7.11 Å². The number of aldehydes is 1. The van der Waals surface area contributed by atoms with Gasteiger partial charge < -0.3 is 0 Å². The fourth-order valence-corrected chi connectivity index (χ4v) is 3.65. The molecule has 0 saturated heterocycles. The van der Waals surface area contributed by atoms with Gasteiger partial charge in [0.15, 0.2) is 0 Å². The predicted molar refractivity (Wildman–Crippen MR) is 66.2 cm³/mol. The standard InChI is InChI=1S/C11H14N2O4Se/c1-4-13(5-2)11-12-9(15)8(18-11)7(6-14)10(16)17-3/h6H,4-5H2,1-3H3/b8-7-. The Morgan fingerprint density at radius 3 is 2.50 bits per heavy atom. The van der Waals surface area contributed by atoms with Crippen LogP contribution in [0.25, 0.3) is 0 Å². The van der Waals surface area contributed by atoms with E-state index in [1.54, 1.807) is 0 Å². The van der Waals surface area contributed by atoms with E-state index in [0.29, 0.717) is 11.0 Å². The van der Waals surface area contributed by atoms with Crippen molar-refractivity contribution in [2.24, 2.45) is 4.99 Å². The minimum absolute atomic E-state index is 0.172. The predicted octanol–water partition coefficient (Wildman–Crippen LogP) is -0.445. The van der Waals surface area contributed by atoms with Crippen molar-refractivity contribution >= 4 is 37.9 Å². The third-order valence-corrected chi connectivity index (χ3v) is 4.76. The number of amides is 1. The van der Waals surface area contributed by atoms with Gasteiger partial charge in [-0.1, -0.05) is 0 Å². The molecule has 0 unspecified atom stereocenters. The summed E-state index contributed by atoms with van der Waals surface area (Å²) in [5, 5.41) is 0. The second-order valence-electron chi connectivity index (χ2n) is 3.33. The molecule has 1 aliphatic rings. The first-order valence-corrected chi connectivity index (χ1v) is 7.13. The Kier molecular flexibility index (Phi) is 5.24. The summed E-state index contributed by atoms with van der Waals surface area (Å²) in [6.45, 7) is 5.36. The molecule has 1 amide bonds. The van der Waals surface area contributed by atoms with Gasteiger partial charge in [0.05, 0.1) is 0 Å². The normalized spacial score (nSPS) is 17.3. The summed E-state index contributed by atoms with van der Waals surface area (Å²) in [6, 6.07) is 0. The van der Waals surface area contributed by atoms with Crippen LogP contribution in [-0.4, -0.2) is 63.0 Å². The Hall–Kier alpha value is -1.46. The van der Waals surface area contributed by atoms with Crippen LogP contribution in [-0.2, 0) is 19.1 Å². The molecule has 98 valence electrons. The molecule has 0 fully saturated rings. The first-order valence-electron chi connectivity index (χ1n) is 5.42. The molecule has 7 heteroatoms. The second-order valence-corrected chi connectivity index (χ2v) is 5.38. The summed E-state index contributed by atoms with van der Waals surface area (Å²) in [7, 11) is 1.17. The molecule has 1 heterocycles. The van der Waals surface area contributed by atoms with Crippen molar-refractivity contribution in [3.05, 3.63) is 10.0 Å². The molecule has 6 nitrogen and oxygen atoms in total. The maximum atomic E-state index is 11.7. The Labute approximate surface area is 111 Å². The van der Waals surface area contributed by atoms with E-state index in [9.17, 15) is 14.4 Å². The number of aliphatic imine (C=N–C) groups is 1. The van der Waals surface area contributed by atoms with Gasteiger partial charge in [-0.05, 0) is 0 Å². The van der Waals surface area contributed by atoms with Crippen molar-refractivity contribution in [3.63, 3.8) is 0 Å². The van der Waals surface area contributed by atoms with Gasteiger partial charge in [-0.3, -0.25) is 0 Å². The second kappa shape index (κ2) is 6.47. The van der Waals surface area contributed by atoms with Gasteiger partial charge in [-0.15, -0.1) is 0 Å². The Morgan fingerprint density at radius 2 is 2.06 bits per heavy atom. The summed E-state index contributed by atoms with van der Waals surface area (Å²) >= 11 is -0.423. The summed E-state index contributed by atoms with van der Waals surface area (Å²) < 4.78 is 5.30. The number of ether oxygens (including phenoxy) is 1. The van der Waals surface area contributed by atoms with Crippen molar-refractivity contribution in [1.29, 1.82) is 0 Å². The molecule has 0 N–H and O–H groups in total. The van der Waals surface area contributed by atoms with E-state index < -0.39 is 26.8 Å². The molecule has 0 aliphatic carbocycles. The Balaban J connectivity index is 3.05. The first-order chi connectivity index (χ1) is 8.58. The molecule has 0 aromatic carbocycles. The van der Waals surface area contributed by atoms with Crippen LogP contribution < -0.4 is 0 Å². The number of rotatable bonds is 4. The zero-order valence-corrected chi connectivity index (χ0v) is 12.1. The fraction of sp³-hybridized carbons (Fsp3) is 0.455. The van der Waals surface area contributed by atoms with Crippen LogP contribution in [0.2, 0.25) is 0 Å². The molecule has 0 spiro atoms. The van der Waals surface area contributed by atoms with Gasteiger partial charge in [0.25, 0.3) is 0 Å². The van der Waals surface area contributed by atoms with Crippen LogP contribution in [0.4, 0.5) is 0 Å². The van der Waals surface area contributed by atoms with E-state index in [-0.39, 0.29) is 10.0 Å². The van der Waals surface area contributed by atoms with Crippen LogP contribution in [0.1, 0.15) is 13.8 Å². The molecule has 0 atom stereocenters. The number of nitrogens with zero attached hydrogens (tertiary/aromatic N) is 2. The van der Waals surface area contributed by atoms with E-state index in [0.717, 1.165) is 13.1 Å². The van der Waals surface area contributed by atoms with E-state index in [2.05, 4.69) is 9.73 Å². The number of methoxy groups -OCH3 is 1. The van der Waals surface area contributed by atoms with E-state index in [1.807, 2.05) is 18.7 Å². The molecule has 0 aromatic rings. The molecule has 0 radical (unpaired) electrons. The molecule has 18 heavy (non-hydrogen) atoms. The monoisotopic (exact) mass is 318 g/mol. The van der Waals surface area contributed by atoms with E-state index >= 15 is 0 Å². The van der Waals surface area contributed by atoms with Gasteiger partial charge >= 0.3 is 111 Å². The van der Waals surface area contributed by atoms with Crippen molar-refractivity contribution in [2.45, 2.75) is 13.8 Å². The van der Waals surface area contributed by atoms with Crippen LogP contribution in [0.3, 0.4) is 0 Å². The summed E-state index contributed by atoms with van der Waals surface area (Å²) in [5.41, 5.74) is -0.214. The zero-order valence-electron chi connectivity index (χ0n) is 10.4. The zero-order chi connectivity index (χ0) is 13.7. The molecular weight excluding hydrogens is 303 g/mol. The van der Waals surface area contributed by atoms with Gasteiger partial charge in [-0.25, -0.2) is 0 Å². The number of carbonyl (C=O) groups excluding carboxylic acids is 3. The summed E-state index contributed by atoms with van der Waals surface area (Å²) in [5.74, 6) is -1.30. The first kappa shape index (κ1) is 14.6. The number of hydrogen-bond donors (Lipinski definition) is 0. The number of carbonyl (C=O) groups is 3. The third kappa shape index (κ3) is 2.86. The third-order valence-electron chi connectivity index (χ3n) is 2.39. The summed E-state index contributed by atoms with van der Waals surface area (Å²) in [6.07, 6.45) is 0.363. The molecule has 1 aliphatic heterocycles. The molecule has 1 rings (SSSR count). The molecule has 0 saturated carbocycles. The molecular formula is C11H14N2O4Se. The van der Waals surface area contributed by atoms with Gasteiger partial charge in [0, 0.05) is 0 Å². The quantitative estimate of drug-likeness (QED) is 0.175. The van der Waals surface area contributed by atoms with Crippen LogP contribution >= 0.6 is 0 Å². The van der Waals surface area contributed by atoms with Crippen LogP contribution in [0.15, 0.2) is 15.0 Å². The van der Waals surface area contributed by atoms with Crippen molar-refractivity contribution in [2.75, 3.05) is 20.2 Å². The van der Waals surface area contributed by atoms with Crippen molar-refractivity contribution in [3.8, 4) is 0 Å². The van der Waals surface area contributed by atoms with Crippen LogP contribution in [0.5, 0.6) is 0 Å². The summed E-state index contributed by atoms with van der Waals surface area (Å²) in [4.78, 5) is 39.8. The average Bonchev–Trinajstić information content (AvgIpc) is 2.74. The maximum absolute atomic E-state index is 11.7. The molecule has 0 aromatic heterocycles.